The fourth-order valence-corrected chi connectivity index (χ4v) is 2.65. The Bertz CT molecular complexity index is 989. The van der Waals surface area contributed by atoms with E-state index in [1.54, 1.807) is 0 Å². The molecule has 0 radical (unpaired) electrons. The van der Waals surface area contributed by atoms with E-state index in [0.717, 1.165) is 6.07 Å². The molecule has 6 heteroatoms. The van der Waals surface area contributed by atoms with E-state index in [-0.39, 0.29) is 22.7 Å². The first-order valence-corrected chi connectivity index (χ1v) is 6.48. The number of carbonyl (C=O) groups excluding carboxylic acids is 1. The molecule has 0 saturated heterocycles. The van der Waals surface area contributed by atoms with E-state index in [9.17, 15) is 18.7 Å². The van der Waals surface area contributed by atoms with Crippen LogP contribution in [0.5, 0.6) is 5.88 Å². The standard InChI is InChI=1S/C16H8F2N2O2/c17-7-1-3-11-9(5-7)13(16(22)20-11)14-15(21)10-6-8(18)2-4-12(10)19-14/h1-6,20,22H. The van der Waals surface area contributed by atoms with Crippen LogP contribution >= 0.6 is 0 Å². The highest BCUT2D eigenvalue weighted by atomic mass is 19.1. The van der Waals surface area contributed by atoms with Gasteiger partial charge in [-0.1, -0.05) is 0 Å². The fourth-order valence-electron chi connectivity index (χ4n) is 2.65. The quantitative estimate of drug-likeness (QED) is 0.722. The third-order valence-electron chi connectivity index (χ3n) is 3.63. The second-order valence-electron chi connectivity index (χ2n) is 4.99. The van der Waals surface area contributed by atoms with Crippen molar-refractivity contribution < 1.29 is 18.7 Å². The molecule has 2 heterocycles. The first-order valence-electron chi connectivity index (χ1n) is 6.48. The predicted molar refractivity (Wildman–Crippen MR) is 76.8 cm³/mol. The molecule has 22 heavy (non-hydrogen) atoms. The number of ketones is 1. The summed E-state index contributed by atoms with van der Waals surface area (Å²) in [5.41, 5.74) is 1.02. The van der Waals surface area contributed by atoms with Gasteiger partial charge in [-0.05, 0) is 36.4 Å². The summed E-state index contributed by atoms with van der Waals surface area (Å²) in [7, 11) is 0. The van der Waals surface area contributed by atoms with Crippen molar-refractivity contribution in [3.05, 3.63) is 59.2 Å². The van der Waals surface area contributed by atoms with Gasteiger partial charge in [-0.15, -0.1) is 0 Å². The van der Waals surface area contributed by atoms with Crippen LogP contribution in [0.25, 0.3) is 10.9 Å². The number of fused-ring (bicyclic) bond motifs is 2. The van der Waals surface area contributed by atoms with Gasteiger partial charge in [0.05, 0.1) is 16.8 Å². The van der Waals surface area contributed by atoms with E-state index in [4.69, 9.17) is 0 Å². The molecule has 0 amide bonds. The highest BCUT2D eigenvalue weighted by Crippen LogP contribution is 2.35. The van der Waals surface area contributed by atoms with E-state index < -0.39 is 17.4 Å². The van der Waals surface area contributed by atoms with Crippen molar-refractivity contribution in [2.24, 2.45) is 4.99 Å². The molecule has 0 atom stereocenters. The highest BCUT2D eigenvalue weighted by Gasteiger charge is 2.30. The molecule has 2 N–H and O–H groups in total. The Hall–Kier alpha value is -3.02. The smallest absolute Gasteiger partial charge is 0.214 e. The summed E-state index contributed by atoms with van der Waals surface area (Å²) >= 11 is 0. The first kappa shape index (κ1) is 12.7. The lowest BCUT2D eigenvalue weighted by Gasteiger charge is -1.99. The Balaban J connectivity index is 1.96. The van der Waals surface area contributed by atoms with E-state index in [0.29, 0.717) is 16.6 Å². The minimum atomic E-state index is -0.544. The van der Waals surface area contributed by atoms with E-state index in [2.05, 4.69) is 9.98 Å². The summed E-state index contributed by atoms with van der Waals surface area (Å²) in [6, 6.07) is 7.60. The number of aromatic hydroxyl groups is 1. The topological polar surface area (TPSA) is 65.4 Å². The van der Waals surface area contributed by atoms with Crippen LogP contribution in [0.1, 0.15) is 15.9 Å². The van der Waals surface area contributed by atoms with Gasteiger partial charge in [-0.25, -0.2) is 13.8 Å². The van der Waals surface area contributed by atoms with Crippen LogP contribution < -0.4 is 0 Å². The number of H-pyrrole nitrogens is 1. The molecule has 4 nitrogen and oxygen atoms in total. The van der Waals surface area contributed by atoms with Gasteiger partial charge in [-0.3, -0.25) is 4.79 Å². The molecule has 1 aromatic heterocycles. The van der Waals surface area contributed by atoms with Crippen molar-refractivity contribution >= 4 is 28.1 Å². The maximum Gasteiger partial charge on any atom is 0.214 e. The zero-order valence-electron chi connectivity index (χ0n) is 11.0. The van der Waals surface area contributed by atoms with Gasteiger partial charge in [0.1, 0.15) is 17.3 Å². The molecule has 108 valence electrons. The number of hydrogen-bond donors (Lipinski definition) is 2. The molecule has 0 bridgehead atoms. The monoisotopic (exact) mass is 298 g/mol. The number of carbonyl (C=O) groups is 1. The molecular weight excluding hydrogens is 290 g/mol. The largest absolute Gasteiger partial charge is 0.494 e. The van der Waals surface area contributed by atoms with Crippen molar-refractivity contribution in [1.29, 1.82) is 0 Å². The van der Waals surface area contributed by atoms with Gasteiger partial charge in [0.2, 0.25) is 5.78 Å². The number of Topliss-reactive ketones (excluding diaryl/α,β-unsaturated/α-hetero) is 1. The number of rotatable bonds is 1. The van der Waals surface area contributed by atoms with Crippen LogP contribution in [-0.2, 0) is 0 Å². The molecule has 1 aliphatic heterocycles. The Morgan fingerprint density at radius 2 is 1.77 bits per heavy atom. The number of benzene rings is 2. The molecule has 4 rings (SSSR count). The second-order valence-corrected chi connectivity index (χ2v) is 4.99. The third kappa shape index (κ3) is 1.67. The number of halogens is 2. The molecule has 1 aliphatic rings. The number of hydrogen-bond acceptors (Lipinski definition) is 3. The van der Waals surface area contributed by atoms with Crippen LogP contribution in [0.4, 0.5) is 14.5 Å². The van der Waals surface area contributed by atoms with E-state index in [1.165, 1.54) is 30.3 Å². The van der Waals surface area contributed by atoms with Gasteiger partial charge in [0, 0.05) is 10.9 Å². The third-order valence-corrected chi connectivity index (χ3v) is 3.63. The van der Waals surface area contributed by atoms with Gasteiger partial charge in [0.15, 0.2) is 5.88 Å². The first-order chi connectivity index (χ1) is 10.5. The average Bonchev–Trinajstić information content (AvgIpc) is 2.96. The van der Waals surface area contributed by atoms with Crippen molar-refractivity contribution in [2.45, 2.75) is 0 Å². The minimum absolute atomic E-state index is 0.0325. The van der Waals surface area contributed by atoms with Crippen molar-refractivity contribution in [1.82, 2.24) is 4.98 Å². The van der Waals surface area contributed by atoms with Crippen LogP contribution in [0.2, 0.25) is 0 Å². The number of nitrogens with one attached hydrogen (secondary N) is 1. The SMILES string of the molecule is O=C1C(c2c(O)[nH]c3ccc(F)cc23)=Nc2ccc(F)cc21. The molecular formula is C16H8F2N2O2. The van der Waals surface area contributed by atoms with Gasteiger partial charge in [-0.2, -0.15) is 0 Å². The summed E-state index contributed by atoms with van der Waals surface area (Å²) in [5.74, 6) is -1.82. The lowest BCUT2D eigenvalue weighted by molar-refractivity contribution is 0.106. The maximum absolute atomic E-state index is 13.5. The summed E-state index contributed by atoms with van der Waals surface area (Å²) in [6.07, 6.45) is 0. The average molecular weight is 298 g/mol. The van der Waals surface area contributed by atoms with Crippen molar-refractivity contribution in [3.63, 3.8) is 0 Å². The number of aromatic amines is 1. The molecule has 0 unspecified atom stereocenters. The fraction of sp³-hybridized carbons (Fsp3) is 0. The molecule has 0 spiro atoms. The maximum atomic E-state index is 13.5. The zero-order chi connectivity index (χ0) is 15.4. The Morgan fingerprint density at radius 3 is 2.59 bits per heavy atom. The van der Waals surface area contributed by atoms with Crippen LogP contribution in [0.3, 0.4) is 0 Å². The van der Waals surface area contributed by atoms with Crippen molar-refractivity contribution in [3.8, 4) is 5.88 Å². The summed E-state index contributed by atoms with van der Waals surface area (Å²) in [5, 5.41) is 10.4. The van der Waals surface area contributed by atoms with Crippen molar-refractivity contribution in [2.75, 3.05) is 0 Å². The number of aliphatic imine (C=N–C) groups is 1. The summed E-state index contributed by atoms with van der Waals surface area (Å²) in [6.45, 7) is 0. The predicted octanol–water partition coefficient (Wildman–Crippen LogP) is 3.47. The lowest BCUT2D eigenvalue weighted by atomic mass is 10.0. The summed E-state index contributed by atoms with van der Waals surface area (Å²) < 4.78 is 26.7. The van der Waals surface area contributed by atoms with Gasteiger partial charge >= 0.3 is 0 Å². The molecule has 2 aromatic carbocycles. The Labute approximate surface area is 122 Å². The van der Waals surface area contributed by atoms with Crippen LogP contribution in [0.15, 0.2) is 41.4 Å². The zero-order valence-corrected chi connectivity index (χ0v) is 11.0. The van der Waals surface area contributed by atoms with E-state index >= 15 is 0 Å². The molecule has 3 aromatic rings. The van der Waals surface area contributed by atoms with Crippen LogP contribution in [0, 0.1) is 11.6 Å². The highest BCUT2D eigenvalue weighted by molar-refractivity contribution is 6.56. The molecule has 0 fully saturated rings. The second kappa shape index (κ2) is 4.24. The van der Waals surface area contributed by atoms with Crippen LogP contribution in [-0.4, -0.2) is 21.6 Å². The normalized spacial score (nSPS) is 13.5. The number of aromatic nitrogens is 1. The minimum Gasteiger partial charge on any atom is -0.494 e. The Kier molecular flexibility index (Phi) is 2.45. The van der Waals surface area contributed by atoms with E-state index in [1.807, 2.05) is 0 Å². The van der Waals surface area contributed by atoms with Gasteiger partial charge < -0.3 is 10.1 Å². The molecule has 0 saturated carbocycles. The Morgan fingerprint density at radius 1 is 1.05 bits per heavy atom. The lowest BCUT2D eigenvalue weighted by Crippen LogP contribution is -2.11. The van der Waals surface area contributed by atoms with Gasteiger partial charge in [0.25, 0.3) is 0 Å². The summed E-state index contributed by atoms with van der Waals surface area (Å²) in [4.78, 5) is 19.2. The number of nitrogens with zero attached hydrogens (tertiary/aromatic N) is 1. The molecule has 0 aliphatic carbocycles.